The number of carbonyl (C=O) groups excluding carboxylic acids is 1. The molecule has 1 amide bonds. The molecule has 0 spiro atoms. The summed E-state index contributed by atoms with van der Waals surface area (Å²) >= 11 is 5.94. The summed E-state index contributed by atoms with van der Waals surface area (Å²) in [5.74, 6) is 0.171. The monoisotopic (exact) mass is 334 g/mol. The van der Waals surface area contributed by atoms with Gasteiger partial charge in [-0.2, -0.15) is 0 Å². The van der Waals surface area contributed by atoms with E-state index in [4.69, 9.17) is 11.6 Å². The van der Waals surface area contributed by atoms with Gasteiger partial charge in [0, 0.05) is 29.7 Å². The van der Waals surface area contributed by atoms with E-state index in [1.54, 1.807) is 0 Å². The van der Waals surface area contributed by atoms with Gasteiger partial charge in [-0.05, 0) is 75.9 Å². The van der Waals surface area contributed by atoms with Crippen LogP contribution in [-0.2, 0) is 0 Å². The Hall–Kier alpha value is -1.06. The molecule has 2 saturated heterocycles. The molecular weight excluding hydrogens is 308 g/mol. The Morgan fingerprint density at radius 2 is 1.70 bits per heavy atom. The average Bonchev–Trinajstić information content (AvgIpc) is 2.61. The first kappa shape index (κ1) is 16.8. The minimum atomic E-state index is 0.171. The second kappa shape index (κ2) is 8.16. The Morgan fingerprint density at radius 1 is 1.00 bits per heavy atom. The van der Waals surface area contributed by atoms with Crippen LogP contribution in [0.5, 0.6) is 0 Å². The fourth-order valence-corrected chi connectivity index (χ4v) is 3.97. The van der Waals surface area contributed by atoms with Crippen LogP contribution in [0.4, 0.5) is 0 Å². The number of halogens is 1. The van der Waals surface area contributed by atoms with Gasteiger partial charge in [0.1, 0.15) is 0 Å². The van der Waals surface area contributed by atoms with Gasteiger partial charge in [0.2, 0.25) is 0 Å². The van der Waals surface area contributed by atoms with Gasteiger partial charge in [0.25, 0.3) is 5.91 Å². The van der Waals surface area contributed by atoms with Gasteiger partial charge in [-0.15, -0.1) is 0 Å². The lowest BCUT2D eigenvalue weighted by Crippen LogP contribution is -2.45. The Bertz CT molecular complexity index is 511. The fraction of sp³-hybridized carbons (Fsp3) is 0.632. The first-order chi connectivity index (χ1) is 11.2. The summed E-state index contributed by atoms with van der Waals surface area (Å²) in [4.78, 5) is 17.5. The molecule has 1 aromatic rings. The van der Waals surface area contributed by atoms with Crippen molar-refractivity contribution in [3.8, 4) is 0 Å². The number of hydrogen-bond donors (Lipinski definition) is 0. The van der Waals surface area contributed by atoms with Crippen molar-refractivity contribution in [1.82, 2.24) is 9.80 Å². The lowest BCUT2D eigenvalue weighted by Gasteiger charge is -2.37. The van der Waals surface area contributed by atoms with Crippen LogP contribution >= 0.6 is 11.6 Å². The highest BCUT2D eigenvalue weighted by molar-refractivity contribution is 6.30. The highest BCUT2D eigenvalue weighted by Gasteiger charge is 2.27. The van der Waals surface area contributed by atoms with Crippen LogP contribution in [0.2, 0.25) is 5.02 Å². The molecule has 2 aliphatic heterocycles. The number of hydrogen-bond acceptors (Lipinski definition) is 2. The minimum Gasteiger partial charge on any atom is -0.336 e. The van der Waals surface area contributed by atoms with E-state index in [9.17, 15) is 4.79 Å². The molecule has 2 fully saturated rings. The largest absolute Gasteiger partial charge is 0.336 e. The number of rotatable bonds is 4. The number of benzene rings is 1. The first-order valence-electron chi connectivity index (χ1n) is 9.03. The predicted molar refractivity (Wildman–Crippen MR) is 95.0 cm³/mol. The Kier molecular flexibility index (Phi) is 5.96. The van der Waals surface area contributed by atoms with Crippen molar-refractivity contribution in [2.45, 2.75) is 51.0 Å². The van der Waals surface area contributed by atoms with Gasteiger partial charge < -0.3 is 9.80 Å². The van der Waals surface area contributed by atoms with Crippen LogP contribution in [0.3, 0.4) is 0 Å². The van der Waals surface area contributed by atoms with Gasteiger partial charge in [0.15, 0.2) is 0 Å². The summed E-state index contributed by atoms with van der Waals surface area (Å²) in [6.45, 7) is 4.50. The molecule has 0 saturated carbocycles. The maximum atomic E-state index is 12.8. The van der Waals surface area contributed by atoms with E-state index in [1.165, 1.54) is 38.8 Å². The average molecular weight is 335 g/mol. The van der Waals surface area contributed by atoms with Crippen molar-refractivity contribution >= 4 is 17.5 Å². The quantitative estimate of drug-likeness (QED) is 0.823. The van der Waals surface area contributed by atoms with E-state index in [0.29, 0.717) is 11.1 Å². The highest BCUT2D eigenvalue weighted by atomic mass is 35.5. The van der Waals surface area contributed by atoms with Gasteiger partial charge in [0.05, 0.1) is 0 Å². The van der Waals surface area contributed by atoms with Crippen molar-refractivity contribution < 1.29 is 4.79 Å². The first-order valence-corrected chi connectivity index (χ1v) is 9.41. The van der Waals surface area contributed by atoms with E-state index in [2.05, 4.69) is 9.80 Å². The van der Waals surface area contributed by atoms with E-state index >= 15 is 0 Å². The molecule has 2 aliphatic rings. The summed E-state index contributed by atoms with van der Waals surface area (Å²) < 4.78 is 0. The van der Waals surface area contributed by atoms with Crippen LogP contribution in [0, 0.1) is 0 Å². The molecule has 0 bridgehead atoms. The molecule has 0 aromatic heterocycles. The maximum absolute atomic E-state index is 12.8. The topological polar surface area (TPSA) is 23.6 Å². The third-order valence-corrected chi connectivity index (χ3v) is 5.46. The molecule has 2 heterocycles. The van der Waals surface area contributed by atoms with Gasteiger partial charge in [-0.1, -0.05) is 18.0 Å². The number of nitrogens with zero attached hydrogens (tertiary/aromatic N) is 2. The molecule has 23 heavy (non-hydrogen) atoms. The molecule has 0 N–H and O–H groups in total. The number of likely N-dealkylation sites (tertiary alicyclic amines) is 2. The van der Waals surface area contributed by atoms with Crippen molar-refractivity contribution in [2.24, 2.45) is 0 Å². The molecule has 3 nitrogen and oxygen atoms in total. The molecule has 3 rings (SSSR count). The van der Waals surface area contributed by atoms with Crippen LogP contribution < -0.4 is 0 Å². The fourth-order valence-electron chi connectivity index (χ4n) is 3.84. The third kappa shape index (κ3) is 4.48. The van der Waals surface area contributed by atoms with E-state index in [-0.39, 0.29) is 5.91 Å². The Balaban J connectivity index is 1.61. The molecule has 126 valence electrons. The molecule has 1 atom stereocenters. The molecule has 1 aromatic carbocycles. The Labute approximate surface area is 144 Å². The van der Waals surface area contributed by atoms with Crippen molar-refractivity contribution in [3.05, 3.63) is 34.9 Å². The second-order valence-electron chi connectivity index (χ2n) is 6.85. The molecule has 0 radical (unpaired) electrons. The third-order valence-electron chi connectivity index (χ3n) is 5.21. The van der Waals surface area contributed by atoms with E-state index in [1.807, 2.05) is 24.3 Å². The van der Waals surface area contributed by atoms with Crippen LogP contribution in [0.15, 0.2) is 24.3 Å². The molecule has 0 aliphatic carbocycles. The highest BCUT2D eigenvalue weighted by Crippen LogP contribution is 2.23. The van der Waals surface area contributed by atoms with E-state index < -0.39 is 0 Å². The molecular formula is C19H27ClN2O. The second-order valence-corrected chi connectivity index (χ2v) is 7.28. The van der Waals surface area contributed by atoms with Gasteiger partial charge >= 0.3 is 0 Å². The lowest BCUT2D eigenvalue weighted by atomic mass is 9.97. The number of carbonyl (C=O) groups is 1. The van der Waals surface area contributed by atoms with Crippen molar-refractivity contribution in [2.75, 3.05) is 26.2 Å². The van der Waals surface area contributed by atoms with E-state index in [0.717, 1.165) is 37.9 Å². The zero-order valence-electron chi connectivity index (χ0n) is 13.8. The van der Waals surface area contributed by atoms with Crippen LogP contribution in [-0.4, -0.2) is 47.9 Å². The maximum Gasteiger partial charge on any atom is 0.254 e. The zero-order chi connectivity index (χ0) is 16.1. The van der Waals surface area contributed by atoms with Crippen molar-refractivity contribution in [1.29, 1.82) is 0 Å². The Morgan fingerprint density at radius 3 is 2.43 bits per heavy atom. The summed E-state index contributed by atoms with van der Waals surface area (Å²) in [6.07, 6.45) is 8.67. The van der Waals surface area contributed by atoms with Crippen LogP contribution in [0.25, 0.3) is 0 Å². The smallest absolute Gasteiger partial charge is 0.254 e. The summed E-state index contributed by atoms with van der Waals surface area (Å²) in [5.41, 5.74) is 0.763. The normalized spacial score (nSPS) is 23.0. The summed E-state index contributed by atoms with van der Waals surface area (Å²) in [7, 11) is 0. The predicted octanol–water partition coefficient (Wildman–Crippen LogP) is 4.21. The van der Waals surface area contributed by atoms with Gasteiger partial charge in [-0.3, -0.25) is 4.79 Å². The number of piperidine rings is 2. The summed E-state index contributed by atoms with van der Waals surface area (Å²) in [5, 5.41) is 0.682. The zero-order valence-corrected chi connectivity index (χ0v) is 14.6. The lowest BCUT2D eigenvalue weighted by molar-refractivity contribution is 0.0579. The standard InChI is InChI=1S/C19H27ClN2O/c20-17-9-7-16(8-10-17)19(23)22-14-5-2-6-18(22)11-15-21-12-3-1-4-13-21/h7-10,18H,1-6,11-15H2/t18-/m0/s1. The summed E-state index contributed by atoms with van der Waals surface area (Å²) in [6, 6.07) is 7.71. The SMILES string of the molecule is O=C(c1ccc(Cl)cc1)N1CCCC[C@H]1CCN1CCCCC1. The molecule has 4 heteroatoms. The van der Waals surface area contributed by atoms with Crippen molar-refractivity contribution in [3.63, 3.8) is 0 Å². The van der Waals surface area contributed by atoms with Gasteiger partial charge in [-0.25, -0.2) is 0 Å². The minimum absolute atomic E-state index is 0.171. The molecule has 0 unspecified atom stereocenters. The number of amides is 1. The van der Waals surface area contributed by atoms with Crippen LogP contribution in [0.1, 0.15) is 55.3 Å².